The Kier molecular flexibility index (Phi) is 4.77. The largest absolute Gasteiger partial charge is 0.443 e. The molecule has 0 saturated heterocycles. The summed E-state index contributed by atoms with van der Waals surface area (Å²) in [5, 5.41) is 5.76. The van der Waals surface area contributed by atoms with E-state index < -0.39 is 40.3 Å². The molecule has 2 atom stereocenters. The number of anilines is 1. The Morgan fingerprint density at radius 3 is 2.47 bits per heavy atom. The lowest BCUT2D eigenvalue weighted by atomic mass is 9.91. The fraction of sp³-hybridized carbons (Fsp3) is 0.286. The minimum Gasteiger partial charge on any atom is -0.443 e. The molecule has 156 valence electrons. The van der Waals surface area contributed by atoms with E-state index in [0.29, 0.717) is 5.56 Å². The van der Waals surface area contributed by atoms with Gasteiger partial charge in [0, 0.05) is 5.39 Å². The zero-order valence-corrected chi connectivity index (χ0v) is 17.1. The number of rotatable bonds is 1. The number of hydrogen-bond donors (Lipinski definition) is 1. The van der Waals surface area contributed by atoms with Gasteiger partial charge in [0.05, 0.1) is 22.8 Å². The normalized spacial score (nSPS) is 18.5. The summed E-state index contributed by atoms with van der Waals surface area (Å²) >= 11 is 6.74. The lowest BCUT2D eigenvalue weighted by molar-refractivity contribution is 0.0562. The highest BCUT2D eigenvalue weighted by Gasteiger charge is 2.42. The number of carbonyl (C=O) groups excluding carboxylic acids is 1. The Balaban J connectivity index is 2.01. The molecule has 30 heavy (non-hydrogen) atoms. The zero-order chi connectivity index (χ0) is 21.8. The van der Waals surface area contributed by atoms with Crippen molar-refractivity contribution in [2.24, 2.45) is 0 Å². The van der Waals surface area contributed by atoms with Crippen LogP contribution in [0, 0.1) is 11.6 Å². The second-order valence-corrected chi connectivity index (χ2v) is 8.50. The molecule has 2 aromatic carbocycles. The smallest absolute Gasteiger partial charge is 0.415 e. The van der Waals surface area contributed by atoms with Crippen molar-refractivity contribution >= 4 is 34.2 Å². The second kappa shape index (κ2) is 7.05. The number of hydrogen-bond acceptors (Lipinski definition) is 4. The molecule has 0 saturated carbocycles. The molecule has 9 heteroatoms. The summed E-state index contributed by atoms with van der Waals surface area (Å²) in [5.41, 5.74) is -0.554. The van der Waals surface area contributed by atoms with Gasteiger partial charge < -0.3 is 4.74 Å². The van der Waals surface area contributed by atoms with Crippen LogP contribution < -0.4 is 10.5 Å². The molecule has 1 N–H and O–H groups in total. The van der Waals surface area contributed by atoms with Gasteiger partial charge in [-0.2, -0.15) is 5.10 Å². The maximum absolute atomic E-state index is 14.4. The highest BCUT2D eigenvalue weighted by atomic mass is 35.5. The number of benzene rings is 2. The summed E-state index contributed by atoms with van der Waals surface area (Å²) < 4.78 is 33.5. The van der Waals surface area contributed by atoms with Crippen molar-refractivity contribution < 1.29 is 18.3 Å². The topological polar surface area (TPSA) is 75.3 Å². The number of aromatic amines is 1. The van der Waals surface area contributed by atoms with Gasteiger partial charge in [-0.1, -0.05) is 12.1 Å². The lowest BCUT2D eigenvalue weighted by Gasteiger charge is -2.39. The van der Waals surface area contributed by atoms with Gasteiger partial charge in [-0.05, 0) is 50.6 Å². The quantitative estimate of drug-likeness (QED) is 0.549. The van der Waals surface area contributed by atoms with Crippen LogP contribution >= 0.6 is 11.6 Å². The summed E-state index contributed by atoms with van der Waals surface area (Å²) in [6.45, 7) is 5.09. The van der Waals surface area contributed by atoms with Crippen LogP contribution in [0.15, 0.2) is 41.2 Å². The number of H-pyrrole nitrogens is 1. The molecule has 1 aromatic heterocycles. The highest BCUT2D eigenvalue weighted by Crippen LogP contribution is 2.49. The molecule has 0 aliphatic carbocycles. The van der Waals surface area contributed by atoms with Crippen LogP contribution in [0.5, 0.6) is 0 Å². The Bertz CT molecular complexity index is 1210. The van der Waals surface area contributed by atoms with E-state index in [1.807, 2.05) is 0 Å². The van der Waals surface area contributed by atoms with Crippen molar-refractivity contribution in [1.82, 2.24) is 10.2 Å². The van der Waals surface area contributed by atoms with Gasteiger partial charge in [0.1, 0.15) is 22.6 Å². The Morgan fingerprint density at radius 1 is 1.17 bits per heavy atom. The second-order valence-electron chi connectivity index (χ2n) is 8.03. The lowest BCUT2D eigenvalue weighted by Crippen LogP contribution is -2.43. The van der Waals surface area contributed by atoms with E-state index >= 15 is 0 Å². The summed E-state index contributed by atoms with van der Waals surface area (Å²) in [6.07, 6.45) is -0.777. The van der Waals surface area contributed by atoms with Gasteiger partial charge in [-0.25, -0.2) is 18.7 Å². The molecule has 4 rings (SSSR count). The molecular formula is C21H18ClF2N3O3. The van der Waals surface area contributed by atoms with E-state index in [-0.39, 0.29) is 22.2 Å². The summed E-state index contributed by atoms with van der Waals surface area (Å²) in [6, 6.07) is 6.78. The number of aromatic nitrogens is 2. The van der Waals surface area contributed by atoms with Crippen LogP contribution in [0.2, 0.25) is 0 Å². The molecule has 1 aliphatic heterocycles. The molecule has 2 unspecified atom stereocenters. The van der Waals surface area contributed by atoms with Crippen LogP contribution in [0.4, 0.5) is 19.3 Å². The fourth-order valence-corrected chi connectivity index (χ4v) is 4.00. The fourth-order valence-electron chi connectivity index (χ4n) is 3.59. The van der Waals surface area contributed by atoms with Crippen molar-refractivity contribution in [3.05, 3.63) is 69.6 Å². The number of carbonyl (C=O) groups is 1. The number of halogens is 3. The van der Waals surface area contributed by atoms with Gasteiger partial charge in [-0.3, -0.25) is 9.69 Å². The number of ether oxygens (including phenoxy) is 1. The average Bonchev–Trinajstić information content (AvgIpc) is 2.65. The van der Waals surface area contributed by atoms with Crippen molar-refractivity contribution in [1.29, 1.82) is 0 Å². The number of amides is 1. The molecule has 1 aliphatic rings. The van der Waals surface area contributed by atoms with Crippen molar-refractivity contribution in [2.45, 2.75) is 37.8 Å². The SMILES string of the molecule is CC(C)(C)OC(=O)N1c2cc(F)cc3c(=O)[nH]nc(c23)C(Cl)C1c1ccc(F)cc1. The Morgan fingerprint density at radius 2 is 1.83 bits per heavy atom. The maximum Gasteiger partial charge on any atom is 0.415 e. The predicted molar refractivity (Wildman–Crippen MR) is 109 cm³/mol. The molecule has 6 nitrogen and oxygen atoms in total. The average molecular weight is 434 g/mol. The van der Waals surface area contributed by atoms with Gasteiger partial charge in [0.25, 0.3) is 5.56 Å². The van der Waals surface area contributed by atoms with Gasteiger partial charge in [-0.15, -0.1) is 11.6 Å². The number of nitrogens with zero attached hydrogens (tertiary/aromatic N) is 2. The van der Waals surface area contributed by atoms with E-state index in [4.69, 9.17) is 16.3 Å². The van der Waals surface area contributed by atoms with E-state index in [2.05, 4.69) is 10.2 Å². The van der Waals surface area contributed by atoms with E-state index in [9.17, 15) is 18.4 Å². The van der Waals surface area contributed by atoms with Crippen molar-refractivity contribution in [3.8, 4) is 0 Å². The van der Waals surface area contributed by atoms with E-state index in [1.54, 1.807) is 20.8 Å². The first-order valence-electron chi connectivity index (χ1n) is 9.20. The molecule has 0 radical (unpaired) electrons. The maximum atomic E-state index is 14.4. The zero-order valence-electron chi connectivity index (χ0n) is 16.4. The number of nitrogens with one attached hydrogen (secondary N) is 1. The van der Waals surface area contributed by atoms with Crippen LogP contribution in [0.1, 0.15) is 43.4 Å². The molecule has 0 spiro atoms. The van der Waals surface area contributed by atoms with Crippen LogP contribution in [-0.2, 0) is 4.74 Å². The summed E-state index contributed by atoms with van der Waals surface area (Å²) in [7, 11) is 0. The monoisotopic (exact) mass is 433 g/mol. The molecule has 1 amide bonds. The molecule has 0 bridgehead atoms. The standard InChI is InChI=1S/C21H18ClF2N3O3/c1-21(2,3)30-20(29)27-14-9-12(24)8-13-15(14)17(25-26-19(13)28)16(22)18(27)10-4-6-11(23)7-5-10/h4-9,16,18H,1-3H3,(H,26,28). The van der Waals surface area contributed by atoms with Crippen LogP contribution in [0.3, 0.4) is 0 Å². The molecule has 2 heterocycles. The number of alkyl halides is 1. The third-order valence-electron chi connectivity index (χ3n) is 4.74. The minimum atomic E-state index is -0.916. The van der Waals surface area contributed by atoms with Crippen LogP contribution in [-0.4, -0.2) is 21.9 Å². The van der Waals surface area contributed by atoms with Crippen molar-refractivity contribution in [3.63, 3.8) is 0 Å². The first kappa shape index (κ1) is 20.3. The first-order valence-corrected chi connectivity index (χ1v) is 9.64. The van der Waals surface area contributed by atoms with Gasteiger partial charge in [0.2, 0.25) is 0 Å². The van der Waals surface area contributed by atoms with Crippen LogP contribution in [0.25, 0.3) is 10.8 Å². The third-order valence-corrected chi connectivity index (χ3v) is 5.18. The predicted octanol–water partition coefficient (Wildman–Crippen LogP) is 4.98. The molecule has 3 aromatic rings. The van der Waals surface area contributed by atoms with Gasteiger partial charge >= 0.3 is 6.09 Å². The first-order chi connectivity index (χ1) is 14.1. The molecular weight excluding hydrogens is 416 g/mol. The van der Waals surface area contributed by atoms with E-state index in [1.165, 1.54) is 29.2 Å². The summed E-state index contributed by atoms with van der Waals surface area (Å²) in [4.78, 5) is 26.7. The Hall–Kier alpha value is -3.00. The third kappa shape index (κ3) is 3.41. The minimum absolute atomic E-state index is 0.0202. The van der Waals surface area contributed by atoms with Crippen molar-refractivity contribution in [2.75, 3.05) is 4.90 Å². The van der Waals surface area contributed by atoms with Gasteiger partial charge in [0.15, 0.2) is 0 Å². The van der Waals surface area contributed by atoms with E-state index in [0.717, 1.165) is 12.1 Å². The molecule has 0 fully saturated rings. The Labute approximate surface area is 175 Å². The highest BCUT2D eigenvalue weighted by molar-refractivity contribution is 6.24. The summed E-state index contributed by atoms with van der Waals surface area (Å²) in [5.74, 6) is -1.17.